The van der Waals surface area contributed by atoms with Crippen molar-refractivity contribution in [3.05, 3.63) is 53.1 Å². The van der Waals surface area contributed by atoms with E-state index in [1.54, 1.807) is 24.3 Å². The summed E-state index contributed by atoms with van der Waals surface area (Å²) < 4.78 is 0. The van der Waals surface area contributed by atoms with Crippen molar-refractivity contribution in [1.29, 1.82) is 0 Å². The predicted molar refractivity (Wildman–Crippen MR) is 101 cm³/mol. The van der Waals surface area contributed by atoms with Crippen molar-refractivity contribution in [3.8, 4) is 0 Å². The fourth-order valence-corrected chi connectivity index (χ4v) is 2.03. The van der Waals surface area contributed by atoms with Crippen molar-refractivity contribution in [2.45, 2.75) is 40.5 Å². The van der Waals surface area contributed by atoms with Crippen LogP contribution in [-0.2, 0) is 9.59 Å². The lowest BCUT2D eigenvalue weighted by Crippen LogP contribution is -2.23. The number of hydrogen-bond donors (Lipinski definition) is 2. The first-order valence-corrected chi connectivity index (χ1v) is 8.28. The number of hydrogen-bond acceptors (Lipinski definition) is 3. The molecule has 0 atom stereocenters. The number of anilines is 1. The van der Waals surface area contributed by atoms with E-state index >= 15 is 0 Å². The molecular weight excluding hydrogens is 316 g/mol. The van der Waals surface area contributed by atoms with Crippen LogP contribution in [0.1, 0.15) is 50.9 Å². The second-order valence-electron chi connectivity index (χ2n) is 6.17. The van der Waals surface area contributed by atoms with Gasteiger partial charge >= 0.3 is 0 Å². The van der Waals surface area contributed by atoms with Gasteiger partial charge in [0.25, 0.3) is 11.8 Å². The number of rotatable bonds is 8. The van der Waals surface area contributed by atoms with Crippen molar-refractivity contribution in [2.75, 3.05) is 11.9 Å². The van der Waals surface area contributed by atoms with Crippen LogP contribution in [0.25, 0.3) is 0 Å². The molecule has 0 aromatic heterocycles. The van der Waals surface area contributed by atoms with Gasteiger partial charge in [-0.2, -0.15) is 0 Å². The van der Waals surface area contributed by atoms with Crippen molar-refractivity contribution < 1.29 is 14.4 Å². The van der Waals surface area contributed by atoms with Crippen molar-refractivity contribution in [2.24, 2.45) is 0 Å². The Balaban J connectivity index is 2.48. The van der Waals surface area contributed by atoms with E-state index in [0.717, 1.165) is 12.8 Å². The highest BCUT2D eigenvalue weighted by Gasteiger charge is 2.08. The number of Topliss-reactive ketones (excluding diaryl/α,β-unsaturated/α-hetero) is 1. The predicted octanol–water partition coefficient (Wildman–Crippen LogP) is 3.64. The SMILES string of the molecule is CC(=O)C(=O)Nc1ccc(C(=O)NC/C=C(\C)CCC=C(C)C)cc1. The van der Waals surface area contributed by atoms with Crippen LogP contribution < -0.4 is 10.6 Å². The Labute approximate surface area is 149 Å². The third-order valence-electron chi connectivity index (χ3n) is 3.53. The van der Waals surface area contributed by atoms with Gasteiger partial charge in [-0.1, -0.05) is 23.3 Å². The lowest BCUT2D eigenvalue weighted by molar-refractivity contribution is -0.133. The average Bonchev–Trinajstić information content (AvgIpc) is 2.54. The zero-order chi connectivity index (χ0) is 18.8. The molecule has 0 aliphatic heterocycles. The van der Waals surface area contributed by atoms with Gasteiger partial charge in [0.2, 0.25) is 5.78 Å². The molecule has 0 unspecified atom stereocenters. The van der Waals surface area contributed by atoms with Crippen molar-refractivity contribution in [1.82, 2.24) is 5.32 Å². The zero-order valence-corrected chi connectivity index (χ0v) is 15.3. The number of carbonyl (C=O) groups excluding carboxylic acids is 3. The molecule has 0 aliphatic rings. The summed E-state index contributed by atoms with van der Waals surface area (Å²) in [6.45, 7) is 7.89. The molecule has 5 nitrogen and oxygen atoms in total. The molecule has 2 amide bonds. The summed E-state index contributed by atoms with van der Waals surface area (Å²) in [5.74, 6) is -1.42. The second kappa shape index (κ2) is 10.2. The number of nitrogens with one attached hydrogen (secondary N) is 2. The lowest BCUT2D eigenvalue weighted by Gasteiger charge is -2.06. The number of ketones is 1. The summed E-state index contributed by atoms with van der Waals surface area (Å²) in [4.78, 5) is 34.3. The van der Waals surface area contributed by atoms with E-state index in [-0.39, 0.29) is 5.91 Å². The molecule has 0 saturated heterocycles. The molecule has 25 heavy (non-hydrogen) atoms. The minimum Gasteiger partial charge on any atom is -0.349 e. The maximum Gasteiger partial charge on any atom is 0.291 e. The van der Waals surface area contributed by atoms with Crippen LogP contribution in [0.2, 0.25) is 0 Å². The summed E-state index contributed by atoms with van der Waals surface area (Å²) in [5.41, 5.74) is 3.52. The topological polar surface area (TPSA) is 75.3 Å². The number of carbonyl (C=O) groups is 3. The molecule has 0 spiro atoms. The number of benzene rings is 1. The van der Waals surface area contributed by atoms with E-state index in [1.807, 2.05) is 6.08 Å². The molecule has 2 N–H and O–H groups in total. The highest BCUT2D eigenvalue weighted by Crippen LogP contribution is 2.10. The molecule has 0 radical (unpaired) electrons. The van der Waals surface area contributed by atoms with Crippen LogP contribution in [0.3, 0.4) is 0 Å². The van der Waals surface area contributed by atoms with E-state index in [1.165, 1.54) is 18.1 Å². The average molecular weight is 342 g/mol. The maximum atomic E-state index is 12.1. The van der Waals surface area contributed by atoms with Gasteiger partial charge in [-0.3, -0.25) is 14.4 Å². The molecule has 1 aromatic rings. The first kappa shape index (κ1) is 20.4. The van der Waals surface area contributed by atoms with E-state index in [0.29, 0.717) is 17.8 Å². The standard InChI is InChI=1S/C20H26N2O3/c1-14(2)6-5-7-15(3)12-13-21-20(25)17-8-10-18(11-9-17)22-19(24)16(4)23/h6,8-12H,5,7,13H2,1-4H3,(H,21,25)(H,22,24)/b15-12+. The summed E-state index contributed by atoms with van der Waals surface area (Å²) in [6, 6.07) is 6.40. The maximum absolute atomic E-state index is 12.1. The Morgan fingerprint density at radius 1 is 0.960 bits per heavy atom. The quantitative estimate of drug-likeness (QED) is 0.559. The van der Waals surface area contributed by atoms with Gasteiger partial charge in [-0.05, 0) is 57.9 Å². The molecule has 0 fully saturated rings. The van der Waals surface area contributed by atoms with E-state index in [2.05, 4.69) is 37.5 Å². The molecule has 0 saturated carbocycles. The number of allylic oxidation sites excluding steroid dienone is 3. The Hall–Kier alpha value is -2.69. The first-order valence-electron chi connectivity index (χ1n) is 8.28. The molecule has 0 aliphatic carbocycles. The fourth-order valence-electron chi connectivity index (χ4n) is 2.03. The minimum absolute atomic E-state index is 0.183. The Kier molecular flexibility index (Phi) is 8.33. The smallest absolute Gasteiger partial charge is 0.291 e. The third-order valence-corrected chi connectivity index (χ3v) is 3.53. The monoisotopic (exact) mass is 342 g/mol. The summed E-state index contributed by atoms with van der Waals surface area (Å²) in [5, 5.41) is 5.29. The van der Waals surface area contributed by atoms with E-state index in [4.69, 9.17) is 0 Å². The van der Waals surface area contributed by atoms with Gasteiger partial charge in [0.15, 0.2) is 0 Å². The molecule has 0 heterocycles. The van der Waals surface area contributed by atoms with Gasteiger partial charge < -0.3 is 10.6 Å². The molecule has 1 aromatic carbocycles. The van der Waals surface area contributed by atoms with Crippen molar-refractivity contribution >= 4 is 23.3 Å². The third kappa shape index (κ3) is 8.11. The van der Waals surface area contributed by atoms with Crippen LogP contribution in [0.4, 0.5) is 5.69 Å². The molecule has 0 bridgehead atoms. The Morgan fingerprint density at radius 3 is 2.16 bits per heavy atom. The van der Waals surface area contributed by atoms with Gasteiger partial charge in [0.05, 0.1) is 0 Å². The zero-order valence-electron chi connectivity index (χ0n) is 15.3. The number of amides is 2. The minimum atomic E-state index is -0.675. The van der Waals surface area contributed by atoms with Crippen LogP contribution in [0.15, 0.2) is 47.6 Å². The van der Waals surface area contributed by atoms with Gasteiger partial charge in [-0.15, -0.1) is 0 Å². The van der Waals surface area contributed by atoms with Crippen LogP contribution >= 0.6 is 0 Å². The summed E-state index contributed by atoms with van der Waals surface area (Å²) in [7, 11) is 0. The largest absolute Gasteiger partial charge is 0.349 e. The van der Waals surface area contributed by atoms with Crippen LogP contribution in [0.5, 0.6) is 0 Å². The molecule has 1 rings (SSSR count). The van der Waals surface area contributed by atoms with Gasteiger partial charge in [-0.25, -0.2) is 0 Å². The van der Waals surface area contributed by atoms with Crippen LogP contribution in [0, 0.1) is 0 Å². The molecular formula is C20H26N2O3. The normalized spacial score (nSPS) is 10.8. The summed E-state index contributed by atoms with van der Waals surface area (Å²) >= 11 is 0. The van der Waals surface area contributed by atoms with Crippen LogP contribution in [-0.4, -0.2) is 24.1 Å². The van der Waals surface area contributed by atoms with Gasteiger partial charge in [0, 0.05) is 24.7 Å². The molecule has 5 heteroatoms. The van der Waals surface area contributed by atoms with E-state index in [9.17, 15) is 14.4 Å². The second-order valence-corrected chi connectivity index (χ2v) is 6.17. The van der Waals surface area contributed by atoms with Gasteiger partial charge in [0.1, 0.15) is 0 Å². The fraction of sp³-hybridized carbons (Fsp3) is 0.350. The van der Waals surface area contributed by atoms with Crippen molar-refractivity contribution in [3.63, 3.8) is 0 Å². The Bertz CT molecular complexity index is 681. The lowest BCUT2D eigenvalue weighted by atomic mass is 10.1. The summed E-state index contributed by atoms with van der Waals surface area (Å²) in [6.07, 6.45) is 6.19. The highest BCUT2D eigenvalue weighted by atomic mass is 16.2. The van der Waals surface area contributed by atoms with E-state index < -0.39 is 11.7 Å². The highest BCUT2D eigenvalue weighted by molar-refractivity contribution is 6.39. The first-order chi connectivity index (χ1) is 11.8. The molecule has 134 valence electrons. The Morgan fingerprint density at radius 2 is 1.60 bits per heavy atom.